The molecule has 204 valence electrons. The van der Waals surface area contributed by atoms with Gasteiger partial charge in [-0.05, 0) is 81.6 Å². The summed E-state index contributed by atoms with van der Waals surface area (Å²) in [4.78, 5) is 32.4. The van der Waals surface area contributed by atoms with Gasteiger partial charge in [0.05, 0.1) is 20.8 Å². The van der Waals surface area contributed by atoms with Gasteiger partial charge in [0, 0.05) is 33.1 Å². The van der Waals surface area contributed by atoms with Gasteiger partial charge >= 0.3 is 6.03 Å². The van der Waals surface area contributed by atoms with E-state index in [9.17, 15) is 9.59 Å². The number of carbonyl (C=O) groups excluding carboxylic acids is 2. The van der Waals surface area contributed by atoms with E-state index >= 15 is 0 Å². The lowest BCUT2D eigenvalue weighted by Crippen LogP contribution is -2.47. The summed E-state index contributed by atoms with van der Waals surface area (Å²) in [6, 6.07) is 14.7. The Labute approximate surface area is 234 Å². The summed E-state index contributed by atoms with van der Waals surface area (Å²) in [6.45, 7) is 8.67. The quantitative estimate of drug-likeness (QED) is 0.290. The Morgan fingerprint density at radius 1 is 1.00 bits per heavy atom. The first kappa shape index (κ1) is 29.3. The van der Waals surface area contributed by atoms with Crippen LogP contribution >= 0.6 is 22.9 Å². The number of urea groups is 1. The molecule has 0 radical (unpaired) electrons. The highest BCUT2D eigenvalue weighted by atomic mass is 35.5. The summed E-state index contributed by atoms with van der Waals surface area (Å²) in [5.41, 5.74) is 2.54. The largest absolute Gasteiger partial charge is 0.493 e. The summed E-state index contributed by atoms with van der Waals surface area (Å²) >= 11 is 7.89. The smallest absolute Gasteiger partial charge is 0.322 e. The van der Waals surface area contributed by atoms with Gasteiger partial charge in [0.2, 0.25) is 5.91 Å². The summed E-state index contributed by atoms with van der Waals surface area (Å²) in [5, 5.41) is 3.45. The molecule has 0 aliphatic rings. The highest BCUT2D eigenvalue weighted by Crippen LogP contribution is 2.28. The third kappa shape index (κ3) is 7.88. The Morgan fingerprint density at radius 3 is 2.34 bits per heavy atom. The molecule has 0 fully saturated rings. The van der Waals surface area contributed by atoms with Gasteiger partial charge in [-0.15, -0.1) is 11.3 Å². The lowest BCUT2D eigenvalue weighted by Gasteiger charge is -2.30. The fourth-order valence-electron chi connectivity index (χ4n) is 3.95. The third-order valence-corrected chi connectivity index (χ3v) is 7.62. The van der Waals surface area contributed by atoms with Gasteiger partial charge in [-0.3, -0.25) is 4.79 Å². The van der Waals surface area contributed by atoms with E-state index in [1.807, 2.05) is 62.9 Å². The van der Waals surface area contributed by atoms with E-state index in [1.54, 1.807) is 42.6 Å². The number of nitrogens with one attached hydrogen (secondary N) is 1. The maximum Gasteiger partial charge on any atom is 0.322 e. The molecular weight excluding hydrogens is 522 g/mol. The molecule has 3 rings (SSSR count). The average molecular weight is 558 g/mol. The first-order valence-electron chi connectivity index (χ1n) is 12.5. The predicted molar refractivity (Wildman–Crippen MR) is 155 cm³/mol. The van der Waals surface area contributed by atoms with E-state index in [0.29, 0.717) is 41.7 Å². The molecule has 0 aliphatic heterocycles. The summed E-state index contributed by atoms with van der Waals surface area (Å²) < 4.78 is 10.8. The molecule has 0 spiro atoms. The standard InChI is InChI=1S/C29H36ClN3O4S/c1-19(2)33(29(35)31-23-10-7-20(3)25(30)16-23)18-28(34)32(17-24-11-8-21(4)38-24)14-13-22-9-12-26(36-5)27(15-22)37-6/h7-12,15-16,19H,13-14,17-18H2,1-6H3,(H,31,35). The minimum absolute atomic E-state index is 0.0423. The van der Waals surface area contributed by atoms with Gasteiger partial charge in [0.15, 0.2) is 11.5 Å². The van der Waals surface area contributed by atoms with E-state index in [-0.39, 0.29) is 24.5 Å². The van der Waals surface area contributed by atoms with Crippen molar-refractivity contribution in [2.75, 3.05) is 32.6 Å². The van der Waals surface area contributed by atoms with Crippen molar-refractivity contribution in [3.8, 4) is 11.5 Å². The number of nitrogens with zero attached hydrogens (tertiary/aromatic N) is 2. The Hall–Kier alpha value is -3.23. The number of anilines is 1. The summed E-state index contributed by atoms with van der Waals surface area (Å²) in [7, 11) is 3.21. The zero-order valence-corrected chi connectivity index (χ0v) is 24.4. The second kappa shape index (κ2) is 13.5. The molecule has 3 amide bonds. The van der Waals surface area contributed by atoms with Crippen LogP contribution in [0.5, 0.6) is 11.5 Å². The minimum Gasteiger partial charge on any atom is -0.493 e. The first-order chi connectivity index (χ1) is 18.1. The van der Waals surface area contributed by atoms with Crippen LogP contribution in [-0.4, -0.2) is 55.1 Å². The van der Waals surface area contributed by atoms with Gasteiger partial charge in [-0.2, -0.15) is 0 Å². The number of methoxy groups -OCH3 is 2. The van der Waals surface area contributed by atoms with Crippen LogP contribution in [0, 0.1) is 13.8 Å². The second-order valence-corrected chi connectivity index (χ2v) is 11.2. The van der Waals surface area contributed by atoms with Crippen LogP contribution in [-0.2, 0) is 17.8 Å². The molecule has 0 aliphatic carbocycles. The topological polar surface area (TPSA) is 71.1 Å². The molecule has 38 heavy (non-hydrogen) atoms. The van der Waals surface area contributed by atoms with Crippen LogP contribution in [0.15, 0.2) is 48.5 Å². The van der Waals surface area contributed by atoms with E-state index < -0.39 is 0 Å². The number of ether oxygens (including phenoxy) is 2. The van der Waals surface area contributed by atoms with Crippen molar-refractivity contribution in [3.05, 3.63) is 74.4 Å². The Kier molecular flexibility index (Phi) is 10.4. The van der Waals surface area contributed by atoms with Crippen molar-refractivity contribution in [3.63, 3.8) is 0 Å². The van der Waals surface area contributed by atoms with Crippen molar-refractivity contribution in [1.82, 2.24) is 9.80 Å². The van der Waals surface area contributed by atoms with Gasteiger partial charge in [-0.25, -0.2) is 4.79 Å². The minimum atomic E-state index is -0.347. The number of hydrogen-bond acceptors (Lipinski definition) is 5. The molecule has 1 N–H and O–H groups in total. The fourth-order valence-corrected chi connectivity index (χ4v) is 5.04. The Morgan fingerprint density at radius 2 is 1.74 bits per heavy atom. The number of carbonyl (C=O) groups is 2. The number of benzene rings is 2. The molecule has 1 heterocycles. The van der Waals surface area contributed by atoms with Gasteiger partial charge < -0.3 is 24.6 Å². The number of rotatable bonds is 11. The highest BCUT2D eigenvalue weighted by molar-refractivity contribution is 7.11. The SMILES string of the molecule is COc1ccc(CCN(Cc2ccc(C)s2)C(=O)CN(C(=O)Nc2ccc(C)c(Cl)c2)C(C)C)cc1OC. The first-order valence-corrected chi connectivity index (χ1v) is 13.7. The van der Waals surface area contributed by atoms with Crippen molar-refractivity contribution in [2.45, 2.75) is 46.7 Å². The molecule has 0 saturated heterocycles. The Balaban J connectivity index is 1.76. The van der Waals surface area contributed by atoms with E-state index in [2.05, 4.69) is 11.4 Å². The molecule has 0 bridgehead atoms. The van der Waals surface area contributed by atoms with Crippen LogP contribution < -0.4 is 14.8 Å². The number of amides is 3. The predicted octanol–water partition coefficient (Wildman–Crippen LogP) is 6.55. The van der Waals surface area contributed by atoms with E-state index in [0.717, 1.165) is 16.0 Å². The van der Waals surface area contributed by atoms with E-state index in [1.165, 1.54) is 4.88 Å². The maximum absolute atomic E-state index is 13.6. The van der Waals surface area contributed by atoms with E-state index in [4.69, 9.17) is 21.1 Å². The monoisotopic (exact) mass is 557 g/mol. The van der Waals surface area contributed by atoms with Crippen LogP contribution in [0.3, 0.4) is 0 Å². The van der Waals surface area contributed by atoms with Gasteiger partial charge in [-0.1, -0.05) is 23.7 Å². The molecule has 0 saturated carbocycles. The highest BCUT2D eigenvalue weighted by Gasteiger charge is 2.24. The maximum atomic E-state index is 13.6. The molecule has 0 atom stereocenters. The number of aryl methyl sites for hydroxylation is 2. The van der Waals surface area contributed by atoms with Crippen molar-refractivity contribution >= 4 is 40.6 Å². The van der Waals surface area contributed by atoms with Crippen molar-refractivity contribution in [2.24, 2.45) is 0 Å². The number of halogens is 1. The zero-order valence-electron chi connectivity index (χ0n) is 22.8. The number of thiophene rings is 1. The second-order valence-electron chi connectivity index (χ2n) is 9.38. The summed E-state index contributed by atoms with van der Waals surface area (Å²) in [5.74, 6) is 1.18. The van der Waals surface area contributed by atoms with Crippen LogP contribution in [0.4, 0.5) is 10.5 Å². The van der Waals surface area contributed by atoms with Crippen LogP contribution in [0.2, 0.25) is 5.02 Å². The normalized spacial score (nSPS) is 10.8. The average Bonchev–Trinajstić information content (AvgIpc) is 3.30. The molecule has 3 aromatic rings. The molecule has 2 aromatic carbocycles. The molecular formula is C29H36ClN3O4S. The lowest BCUT2D eigenvalue weighted by atomic mass is 10.1. The van der Waals surface area contributed by atoms with Gasteiger partial charge in [0.1, 0.15) is 6.54 Å². The van der Waals surface area contributed by atoms with Crippen molar-refractivity contribution in [1.29, 1.82) is 0 Å². The molecule has 7 nitrogen and oxygen atoms in total. The van der Waals surface area contributed by atoms with Gasteiger partial charge in [0.25, 0.3) is 0 Å². The Bertz CT molecular complexity index is 1260. The zero-order chi connectivity index (χ0) is 27.8. The molecule has 1 aromatic heterocycles. The van der Waals surface area contributed by atoms with Crippen LogP contribution in [0.1, 0.15) is 34.7 Å². The third-order valence-electron chi connectivity index (χ3n) is 6.23. The fraction of sp³-hybridized carbons (Fsp3) is 0.379. The molecule has 9 heteroatoms. The van der Waals surface area contributed by atoms with Crippen molar-refractivity contribution < 1.29 is 19.1 Å². The van der Waals surface area contributed by atoms with Crippen LogP contribution in [0.25, 0.3) is 0 Å². The summed E-state index contributed by atoms with van der Waals surface area (Å²) in [6.07, 6.45) is 0.631. The molecule has 0 unspecified atom stereocenters. The lowest BCUT2D eigenvalue weighted by molar-refractivity contribution is -0.132. The number of hydrogen-bond donors (Lipinski definition) is 1.